The minimum Gasteiger partial charge on any atom is -0.497 e. The highest BCUT2D eigenvalue weighted by atomic mass is 16.6. The Labute approximate surface area is 168 Å². The summed E-state index contributed by atoms with van der Waals surface area (Å²) in [6, 6.07) is 7.84. The van der Waals surface area contributed by atoms with Crippen molar-refractivity contribution >= 4 is 17.8 Å². The molecular formula is C21H23N3O5. The largest absolute Gasteiger partial charge is 0.497 e. The molecular weight excluding hydrogens is 374 g/mol. The number of furan rings is 1. The van der Waals surface area contributed by atoms with Gasteiger partial charge in [-0.25, -0.2) is 5.43 Å². The van der Waals surface area contributed by atoms with Gasteiger partial charge in [-0.05, 0) is 48.4 Å². The van der Waals surface area contributed by atoms with Crippen molar-refractivity contribution in [2.45, 2.75) is 32.6 Å². The fourth-order valence-corrected chi connectivity index (χ4v) is 4.64. The molecule has 8 heteroatoms. The van der Waals surface area contributed by atoms with Crippen LogP contribution in [0.1, 0.15) is 38.4 Å². The predicted octanol–water partition coefficient (Wildman–Crippen LogP) is 4.14. The standard InChI is InChI=1S/C21H23N3O5/c1-21-10-4-3-5-16(21)19(21)20(25)23-22-12-14-7-9-18(29-14)15-8-6-13(28-2)11-17(15)24(26)27/h6-9,11-12,16,19H,3-5,10H2,1-2H3,(H,23,25)/b22-12-/t16-,19+,21+/m1/s1. The monoisotopic (exact) mass is 397 g/mol. The second kappa shape index (κ2) is 7.35. The molecule has 0 saturated heterocycles. The smallest absolute Gasteiger partial charge is 0.284 e. The van der Waals surface area contributed by atoms with E-state index in [2.05, 4.69) is 17.5 Å². The molecule has 152 valence electrons. The van der Waals surface area contributed by atoms with E-state index < -0.39 is 4.92 Å². The minimum absolute atomic E-state index is 0.0382. The molecule has 1 heterocycles. The van der Waals surface area contributed by atoms with E-state index in [4.69, 9.17) is 9.15 Å². The number of nitrogens with zero attached hydrogens (tertiary/aromatic N) is 2. The Morgan fingerprint density at radius 1 is 1.38 bits per heavy atom. The molecule has 0 unspecified atom stereocenters. The Kier molecular flexibility index (Phi) is 4.86. The molecule has 0 aliphatic heterocycles. The van der Waals surface area contributed by atoms with Crippen LogP contribution in [0.15, 0.2) is 39.9 Å². The van der Waals surface area contributed by atoms with Crippen LogP contribution < -0.4 is 10.2 Å². The number of fused-ring (bicyclic) bond motifs is 1. The van der Waals surface area contributed by atoms with Crippen molar-refractivity contribution in [1.82, 2.24) is 5.43 Å². The van der Waals surface area contributed by atoms with Gasteiger partial charge in [0.15, 0.2) is 0 Å². The third kappa shape index (κ3) is 3.50. The van der Waals surface area contributed by atoms with Crippen LogP contribution >= 0.6 is 0 Å². The number of ether oxygens (including phenoxy) is 1. The molecule has 0 spiro atoms. The Morgan fingerprint density at radius 2 is 2.21 bits per heavy atom. The average Bonchev–Trinajstić information content (AvgIpc) is 3.08. The summed E-state index contributed by atoms with van der Waals surface area (Å²) in [5.74, 6) is 1.59. The highest BCUT2D eigenvalue weighted by Crippen LogP contribution is 2.66. The third-order valence-electron chi connectivity index (χ3n) is 6.27. The first kappa shape index (κ1) is 19.2. The topological polar surface area (TPSA) is 107 Å². The lowest BCUT2D eigenvalue weighted by atomic mass is 9.90. The molecule has 4 rings (SSSR count). The van der Waals surface area contributed by atoms with Gasteiger partial charge in [0.1, 0.15) is 17.3 Å². The summed E-state index contributed by atoms with van der Waals surface area (Å²) in [5, 5.41) is 15.4. The maximum Gasteiger partial charge on any atom is 0.284 e. The van der Waals surface area contributed by atoms with Gasteiger partial charge in [-0.1, -0.05) is 19.8 Å². The van der Waals surface area contributed by atoms with Gasteiger partial charge in [0.05, 0.1) is 29.9 Å². The number of nitrogens with one attached hydrogen (secondary N) is 1. The quantitative estimate of drug-likeness (QED) is 0.448. The summed E-state index contributed by atoms with van der Waals surface area (Å²) < 4.78 is 10.7. The van der Waals surface area contributed by atoms with Crippen LogP contribution in [0.2, 0.25) is 0 Å². The molecule has 2 fully saturated rings. The second-order valence-electron chi connectivity index (χ2n) is 7.91. The molecule has 3 atom stereocenters. The third-order valence-corrected chi connectivity index (χ3v) is 6.27. The van der Waals surface area contributed by atoms with Crippen LogP contribution in [0.25, 0.3) is 11.3 Å². The number of benzene rings is 1. The molecule has 2 aromatic rings. The van der Waals surface area contributed by atoms with Crippen LogP contribution in [-0.4, -0.2) is 24.2 Å². The van der Waals surface area contributed by atoms with E-state index in [1.54, 1.807) is 24.3 Å². The molecule has 2 aliphatic carbocycles. The summed E-state index contributed by atoms with van der Waals surface area (Å²) in [6.45, 7) is 2.19. The molecule has 1 aromatic heterocycles. The summed E-state index contributed by atoms with van der Waals surface area (Å²) in [4.78, 5) is 23.3. The van der Waals surface area contributed by atoms with Crippen LogP contribution in [-0.2, 0) is 4.79 Å². The summed E-state index contributed by atoms with van der Waals surface area (Å²) in [6.07, 6.45) is 6.00. The molecule has 29 heavy (non-hydrogen) atoms. The zero-order valence-corrected chi connectivity index (χ0v) is 16.4. The van der Waals surface area contributed by atoms with Gasteiger partial charge in [-0.15, -0.1) is 0 Å². The normalized spacial score (nSPS) is 25.4. The number of carbonyl (C=O) groups is 1. The first-order chi connectivity index (χ1) is 13.9. The highest BCUT2D eigenvalue weighted by molar-refractivity contribution is 5.85. The van der Waals surface area contributed by atoms with E-state index in [1.165, 1.54) is 32.2 Å². The number of methoxy groups -OCH3 is 1. The molecule has 1 amide bonds. The molecule has 0 bridgehead atoms. The van der Waals surface area contributed by atoms with Gasteiger partial charge < -0.3 is 9.15 Å². The van der Waals surface area contributed by atoms with E-state index in [0.29, 0.717) is 28.8 Å². The fourth-order valence-electron chi connectivity index (χ4n) is 4.64. The minimum atomic E-state index is -0.482. The number of hydrazone groups is 1. The number of nitro groups is 1. The van der Waals surface area contributed by atoms with Gasteiger partial charge in [0.2, 0.25) is 5.91 Å². The Bertz CT molecular complexity index is 982. The highest BCUT2D eigenvalue weighted by Gasteiger charge is 2.64. The van der Waals surface area contributed by atoms with Crippen LogP contribution in [0.5, 0.6) is 5.75 Å². The first-order valence-electron chi connectivity index (χ1n) is 9.69. The van der Waals surface area contributed by atoms with Crippen molar-refractivity contribution in [3.8, 4) is 17.1 Å². The van der Waals surface area contributed by atoms with Crippen LogP contribution in [0, 0.1) is 27.4 Å². The SMILES string of the molecule is COc1ccc(-c2ccc(/C=N\NC(=O)[C@@H]3[C@H]4CCCC[C@@]43C)o2)c([N+](=O)[O-])c1. The van der Waals surface area contributed by atoms with Gasteiger partial charge in [-0.3, -0.25) is 14.9 Å². The van der Waals surface area contributed by atoms with E-state index in [9.17, 15) is 14.9 Å². The second-order valence-corrected chi connectivity index (χ2v) is 7.91. The van der Waals surface area contributed by atoms with Gasteiger partial charge >= 0.3 is 0 Å². The number of carbonyl (C=O) groups excluding carboxylic acids is 1. The summed E-state index contributed by atoms with van der Waals surface area (Å²) in [7, 11) is 1.45. The predicted molar refractivity (Wildman–Crippen MR) is 107 cm³/mol. The zero-order chi connectivity index (χ0) is 20.6. The maximum absolute atomic E-state index is 12.4. The molecule has 2 aliphatic rings. The molecule has 2 saturated carbocycles. The zero-order valence-electron chi connectivity index (χ0n) is 16.4. The van der Waals surface area contributed by atoms with Crippen molar-refractivity contribution in [1.29, 1.82) is 0 Å². The number of rotatable bonds is 6. The van der Waals surface area contributed by atoms with E-state index >= 15 is 0 Å². The number of amides is 1. The van der Waals surface area contributed by atoms with Crippen molar-refractivity contribution in [3.63, 3.8) is 0 Å². The average molecular weight is 397 g/mol. The molecule has 1 N–H and O–H groups in total. The summed E-state index contributed by atoms with van der Waals surface area (Å²) in [5.41, 5.74) is 2.97. The van der Waals surface area contributed by atoms with Crippen LogP contribution in [0.4, 0.5) is 5.69 Å². The van der Waals surface area contributed by atoms with E-state index in [0.717, 1.165) is 12.8 Å². The lowest BCUT2D eigenvalue weighted by molar-refractivity contribution is -0.384. The van der Waals surface area contributed by atoms with Crippen molar-refractivity contribution in [2.24, 2.45) is 22.4 Å². The van der Waals surface area contributed by atoms with Gasteiger partial charge in [-0.2, -0.15) is 5.10 Å². The fraction of sp³-hybridized carbons (Fsp3) is 0.429. The molecule has 8 nitrogen and oxygen atoms in total. The Balaban J connectivity index is 1.44. The lowest BCUT2D eigenvalue weighted by Crippen LogP contribution is -2.22. The van der Waals surface area contributed by atoms with Crippen molar-refractivity contribution < 1.29 is 18.9 Å². The van der Waals surface area contributed by atoms with E-state index in [1.807, 2.05) is 0 Å². The van der Waals surface area contributed by atoms with E-state index in [-0.39, 0.29) is 22.9 Å². The number of nitro benzene ring substituents is 1. The molecule has 1 aromatic carbocycles. The number of hydrogen-bond donors (Lipinski definition) is 1. The van der Waals surface area contributed by atoms with Crippen molar-refractivity contribution in [3.05, 3.63) is 46.2 Å². The van der Waals surface area contributed by atoms with Gasteiger partial charge in [0, 0.05) is 5.92 Å². The Morgan fingerprint density at radius 3 is 2.90 bits per heavy atom. The number of hydrogen-bond acceptors (Lipinski definition) is 6. The lowest BCUT2D eigenvalue weighted by Gasteiger charge is -2.15. The van der Waals surface area contributed by atoms with Gasteiger partial charge in [0.25, 0.3) is 5.69 Å². The van der Waals surface area contributed by atoms with Crippen LogP contribution in [0.3, 0.4) is 0 Å². The molecule has 0 radical (unpaired) electrons. The summed E-state index contributed by atoms with van der Waals surface area (Å²) >= 11 is 0. The van der Waals surface area contributed by atoms with Crippen molar-refractivity contribution in [2.75, 3.05) is 7.11 Å². The maximum atomic E-state index is 12.4. The Hall–Kier alpha value is -3.16. The first-order valence-corrected chi connectivity index (χ1v) is 9.69.